The van der Waals surface area contributed by atoms with E-state index in [-0.39, 0.29) is 0 Å². The molecule has 2 aliphatic rings. The standard InChI is InChI=1S/C18H29N3O/c1-22-19-17-5-7-18(8-6-17)21-13-9-16(10-14-21)15-20-11-3-2-4-12-20/h5-8,16,19H,2-4,9-15H2,1H3. The fourth-order valence-electron chi connectivity index (χ4n) is 3.74. The first-order chi connectivity index (χ1) is 10.8. The molecule has 22 heavy (non-hydrogen) atoms. The molecule has 2 fully saturated rings. The van der Waals surface area contributed by atoms with Crippen LogP contribution < -0.4 is 10.4 Å². The fraction of sp³-hybridized carbons (Fsp3) is 0.667. The van der Waals surface area contributed by atoms with Crippen LogP contribution in [0.25, 0.3) is 0 Å². The van der Waals surface area contributed by atoms with Crippen LogP contribution in [-0.2, 0) is 4.84 Å². The third-order valence-electron chi connectivity index (χ3n) is 5.03. The largest absolute Gasteiger partial charge is 0.372 e. The van der Waals surface area contributed by atoms with Crippen molar-refractivity contribution in [3.63, 3.8) is 0 Å². The van der Waals surface area contributed by atoms with Crippen LogP contribution in [0.5, 0.6) is 0 Å². The fourth-order valence-corrected chi connectivity index (χ4v) is 3.74. The van der Waals surface area contributed by atoms with Crippen LogP contribution in [0.15, 0.2) is 24.3 Å². The molecule has 2 saturated heterocycles. The van der Waals surface area contributed by atoms with Crippen LogP contribution in [-0.4, -0.2) is 44.7 Å². The van der Waals surface area contributed by atoms with Crippen molar-refractivity contribution in [3.05, 3.63) is 24.3 Å². The Kier molecular flexibility index (Phi) is 5.57. The Labute approximate surface area is 134 Å². The lowest BCUT2D eigenvalue weighted by molar-refractivity contribution is 0.181. The molecule has 0 atom stereocenters. The van der Waals surface area contributed by atoms with E-state index in [0.29, 0.717) is 0 Å². The van der Waals surface area contributed by atoms with E-state index in [1.54, 1.807) is 7.11 Å². The Bertz CT molecular complexity index is 434. The molecule has 2 aliphatic heterocycles. The van der Waals surface area contributed by atoms with Gasteiger partial charge < -0.3 is 9.80 Å². The monoisotopic (exact) mass is 303 g/mol. The number of benzene rings is 1. The summed E-state index contributed by atoms with van der Waals surface area (Å²) in [5.74, 6) is 0.892. The van der Waals surface area contributed by atoms with Gasteiger partial charge in [-0.2, -0.15) is 0 Å². The molecule has 4 heteroatoms. The van der Waals surface area contributed by atoms with Crippen molar-refractivity contribution in [3.8, 4) is 0 Å². The average Bonchev–Trinajstić information content (AvgIpc) is 2.58. The summed E-state index contributed by atoms with van der Waals surface area (Å²) in [6.07, 6.45) is 6.90. The molecule has 3 rings (SSSR count). The molecule has 2 heterocycles. The number of nitrogens with zero attached hydrogens (tertiary/aromatic N) is 2. The molecular formula is C18H29N3O. The molecular weight excluding hydrogens is 274 g/mol. The first-order valence-corrected chi connectivity index (χ1v) is 8.71. The minimum Gasteiger partial charge on any atom is -0.372 e. The number of nitrogens with one attached hydrogen (secondary N) is 1. The maximum absolute atomic E-state index is 4.93. The van der Waals surface area contributed by atoms with Crippen LogP contribution >= 0.6 is 0 Å². The second-order valence-corrected chi connectivity index (χ2v) is 6.64. The van der Waals surface area contributed by atoms with Gasteiger partial charge in [0.15, 0.2) is 0 Å². The van der Waals surface area contributed by atoms with Gasteiger partial charge in [-0.25, -0.2) is 0 Å². The third kappa shape index (κ3) is 4.14. The van der Waals surface area contributed by atoms with Crippen LogP contribution in [0.2, 0.25) is 0 Å². The highest BCUT2D eigenvalue weighted by Gasteiger charge is 2.22. The zero-order valence-electron chi connectivity index (χ0n) is 13.8. The van der Waals surface area contributed by atoms with Gasteiger partial charge in [0.1, 0.15) is 0 Å². The second kappa shape index (κ2) is 7.84. The van der Waals surface area contributed by atoms with Gasteiger partial charge >= 0.3 is 0 Å². The highest BCUT2D eigenvalue weighted by molar-refractivity contribution is 5.54. The Balaban J connectivity index is 1.46. The Hall–Kier alpha value is -1.26. The number of anilines is 2. The van der Waals surface area contributed by atoms with E-state index in [9.17, 15) is 0 Å². The van der Waals surface area contributed by atoms with Crippen molar-refractivity contribution in [1.29, 1.82) is 0 Å². The predicted molar refractivity (Wildman–Crippen MR) is 92.3 cm³/mol. The summed E-state index contributed by atoms with van der Waals surface area (Å²) >= 11 is 0. The number of piperidine rings is 2. The van der Waals surface area contributed by atoms with Crippen LogP contribution in [0.3, 0.4) is 0 Å². The van der Waals surface area contributed by atoms with Crippen molar-refractivity contribution in [2.45, 2.75) is 32.1 Å². The van der Waals surface area contributed by atoms with Crippen molar-refractivity contribution in [1.82, 2.24) is 4.90 Å². The summed E-state index contributed by atoms with van der Waals surface area (Å²) in [5, 5.41) is 0. The normalized spacial score (nSPS) is 21.0. The summed E-state index contributed by atoms with van der Waals surface area (Å²) in [6.45, 7) is 6.36. The molecule has 122 valence electrons. The summed E-state index contributed by atoms with van der Waals surface area (Å²) in [6, 6.07) is 8.54. The van der Waals surface area contributed by atoms with E-state index < -0.39 is 0 Å². The number of hydrogen-bond donors (Lipinski definition) is 1. The van der Waals surface area contributed by atoms with E-state index in [1.165, 1.54) is 70.5 Å². The van der Waals surface area contributed by atoms with E-state index in [4.69, 9.17) is 4.84 Å². The minimum atomic E-state index is 0.892. The van der Waals surface area contributed by atoms with Crippen LogP contribution in [0.1, 0.15) is 32.1 Å². The van der Waals surface area contributed by atoms with E-state index in [1.807, 2.05) is 0 Å². The molecule has 1 aromatic rings. The third-order valence-corrected chi connectivity index (χ3v) is 5.03. The summed E-state index contributed by atoms with van der Waals surface area (Å²) in [5.41, 5.74) is 5.20. The first-order valence-electron chi connectivity index (χ1n) is 8.71. The van der Waals surface area contributed by atoms with Crippen LogP contribution in [0.4, 0.5) is 11.4 Å². The van der Waals surface area contributed by atoms with Crippen LogP contribution in [0, 0.1) is 5.92 Å². The topological polar surface area (TPSA) is 27.7 Å². The zero-order chi connectivity index (χ0) is 15.2. The first kappa shape index (κ1) is 15.6. The van der Waals surface area contributed by atoms with Gasteiger partial charge in [-0.15, -0.1) is 0 Å². The Morgan fingerprint density at radius 2 is 1.68 bits per heavy atom. The minimum absolute atomic E-state index is 0.892. The smallest absolute Gasteiger partial charge is 0.0636 e. The van der Waals surface area contributed by atoms with Crippen molar-refractivity contribution in [2.75, 3.05) is 50.2 Å². The lowest BCUT2D eigenvalue weighted by Gasteiger charge is -2.37. The maximum Gasteiger partial charge on any atom is 0.0636 e. The SMILES string of the molecule is CONc1ccc(N2CCC(CN3CCCCC3)CC2)cc1. The van der Waals surface area contributed by atoms with Gasteiger partial charge in [-0.1, -0.05) is 6.42 Å². The van der Waals surface area contributed by atoms with Crippen molar-refractivity contribution in [2.24, 2.45) is 5.92 Å². The number of rotatable bonds is 5. The highest BCUT2D eigenvalue weighted by atomic mass is 16.6. The second-order valence-electron chi connectivity index (χ2n) is 6.64. The lowest BCUT2D eigenvalue weighted by atomic mass is 9.95. The van der Waals surface area contributed by atoms with Crippen molar-refractivity contribution < 1.29 is 4.84 Å². The Morgan fingerprint density at radius 1 is 1.00 bits per heavy atom. The molecule has 0 amide bonds. The van der Waals surface area contributed by atoms with Gasteiger partial charge in [0, 0.05) is 25.3 Å². The van der Waals surface area contributed by atoms with E-state index in [2.05, 4.69) is 39.5 Å². The highest BCUT2D eigenvalue weighted by Crippen LogP contribution is 2.25. The van der Waals surface area contributed by atoms with Crippen molar-refractivity contribution >= 4 is 11.4 Å². The molecule has 0 bridgehead atoms. The van der Waals surface area contributed by atoms with E-state index in [0.717, 1.165) is 11.6 Å². The summed E-state index contributed by atoms with van der Waals surface area (Å²) in [7, 11) is 1.64. The maximum atomic E-state index is 4.93. The van der Waals surface area contributed by atoms with Gasteiger partial charge in [0.05, 0.1) is 12.8 Å². The predicted octanol–water partition coefficient (Wildman–Crippen LogP) is 3.36. The van der Waals surface area contributed by atoms with Gasteiger partial charge in [-0.3, -0.25) is 10.3 Å². The lowest BCUT2D eigenvalue weighted by Crippen LogP contribution is -2.40. The molecule has 0 aliphatic carbocycles. The quantitative estimate of drug-likeness (QED) is 0.844. The van der Waals surface area contributed by atoms with E-state index >= 15 is 0 Å². The average molecular weight is 303 g/mol. The Morgan fingerprint density at radius 3 is 2.32 bits per heavy atom. The summed E-state index contributed by atoms with van der Waals surface area (Å²) < 4.78 is 0. The van der Waals surface area contributed by atoms with Gasteiger partial charge in [0.2, 0.25) is 0 Å². The molecule has 0 radical (unpaired) electrons. The number of likely N-dealkylation sites (tertiary alicyclic amines) is 1. The molecule has 4 nitrogen and oxygen atoms in total. The molecule has 1 N–H and O–H groups in total. The summed E-state index contributed by atoms with van der Waals surface area (Å²) in [4.78, 5) is 10.1. The molecule has 0 saturated carbocycles. The van der Waals surface area contributed by atoms with Gasteiger partial charge in [-0.05, 0) is 69.0 Å². The zero-order valence-corrected chi connectivity index (χ0v) is 13.8. The van der Waals surface area contributed by atoms with Gasteiger partial charge in [0.25, 0.3) is 0 Å². The molecule has 0 unspecified atom stereocenters. The molecule has 1 aromatic carbocycles. The number of hydrogen-bond acceptors (Lipinski definition) is 4. The molecule has 0 spiro atoms. The molecule has 0 aromatic heterocycles.